The zero-order valence-electron chi connectivity index (χ0n) is 13.7. The topological polar surface area (TPSA) is 113 Å². The molecule has 1 unspecified atom stereocenters. The minimum atomic E-state index is -3.71. The molecule has 26 heavy (non-hydrogen) atoms. The summed E-state index contributed by atoms with van der Waals surface area (Å²) < 4.78 is 24.7. The summed E-state index contributed by atoms with van der Waals surface area (Å²) in [5.41, 5.74) is 4.62. The second kappa shape index (κ2) is 8.63. The fourth-order valence-corrected chi connectivity index (χ4v) is 4.47. The van der Waals surface area contributed by atoms with Gasteiger partial charge in [0.25, 0.3) is 11.8 Å². The molecule has 0 saturated carbocycles. The molecule has 7 nitrogen and oxygen atoms in total. The molecular formula is C16H17ClN2O5S2. The third-order valence-electron chi connectivity index (χ3n) is 3.55. The molecule has 2 aromatic rings. The highest BCUT2D eigenvalue weighted by Gasteiger charge is 2.28. The maximum absolute atomic E-state index is 12.3. The summed E-state index contributed by atoms with van der Waals surface area (Å²) in [4.78, 5) is 23.7. The summed E-state index contributed by atoms with van der Waals surface area (Å²) in [6.07, 6.45) is -1.61. The first kappa shape index (κ1) is 20.4. The number of hydrazine groups is 1. The fourth-order valence-electron chi connectivity index (χ4n) is 2.09. The van der Waals surface area contributed by atoms with Gasteiger partial charge in [0.05, 0.1) is 16.2 Å². The number of amides is 2. The molecule has 0 aliphatic carbocycles. The third kappa shape index (κ3) is 5.28. The molecule has 0 radical (unpaired) electrons. The van der Waals surface area contributed by atoms with E-state index in [1.807, 2.05) is 0 Å². The summed E-state index contributed by atoms with van der Waals surface area (Å²) in [6.45, 7) is 1.43. The molecule has 1 aromatic carbocycles. The van der Waals surface area contributed by atoms with Gasteiger partial charge in [0, 0.05) is 16.3 Å². The minimum Gasteiger partial charge on any atom is -0.383 e. The van der Waals surface area contributed by atoms with Crippen LogP contribution in [0, 0.1) is 5.92 Å². The average Bonchev–Trinajstić information content (AvgIpc) is 3.13. The molecule has 0 saturated heterocycles. The van der Waals surface area contributed by atoms with Crippen LogP contribution in [0.5, 0.6) is 0 Å². The van der Waals surface area contributed by atoms with Crippen molar-refractivity contribution in [3.8, 4) is 0 Å². The number of hydrogen-bond acceptors (Lipinski definition) is 6. The Bertz CT molecular complexity index is 867. The zero-order valence-corrected chi connectivity index (χ0v) is 16.1. The Morgan fingerprint density at radius 2 is 1.85 bits per heavy atom. The normalized spacial score (nSPS) is 13.7. The van der Waals surface area contributed by atoms with Gasteiger partial charge in [0.2, 0.25) is 0 Å². The molecule has 2 rings (SSSR count). The maximum atomic E-state index is 12.3. The Balaban J connectivity index is 1.93. The van der Waals surface area contributed by atoms with Gasteiger partial charge in [-0.2, -0.15) is 11.3 Å². The van der Waals surface area contributed by atoms with E-state index in [9.17, 15) is 23.1 Å². The number of nitrogens with one attached hydrogen (secondary N) is 2. The molecule has 1 heterocycles. The predicted octanol–water partition coefficient (Wildman–Crippen LogP) is 1.63. The first-order valence-electron chi connectivity index (χ1n) is 7.49. The van der Waals surface area contributed by atoms with Crippen molar-refractivity contribution < 1.29 is 23.1 Å². The first-order chi connectivity index (χ1) is 12.2. The Morgan fingerprint density at radius 3 is 2.42 bits per heavy atom. The predicted molar refractivity (Wildman–Crippen MR) is 98.6 cm³/mol. The molecular weight excluding hydrogens is 400 g/mol. The van der Waals surface area contributed by atoms with E-state index in [0.29, 0.717) is 10.6 Å². The summed E-state index contributed by atoms with van der Waals surface area (Å²) in [5, 5.41) is 13.7. The number of aliphatic hydroxyl groups excluding tert-OH is 1. The SMILES string of the molecule is CC(CS(=O)(=O)c1ccc(Cl)cc1)[C@H](O)C(=O)NNC(=O)c1ccsc1. The standard InChI is InChI=1S/C16H17ClN2O5S2/c1-10(9-26(23,24)13-4-2-12(17)3-5-13)14(20)16(22)19-18-15(21)11-6-7-25-8-11/h2-8,10,14,20H,9H2,1H3,(H,18,21)(H,19,22)/t10?,14-/m0/s1. The van der Waals surface area contributed by atoms with Crippen LogP contribution in [-0.2, 0) is 14.6 Å². The molecule has 1 aromatic heterocycles. The van der Waals surface area contributed by atoms with Gasteiger partial charge in [-0.05, 0) is 35.7 Å². The van der Waals surface area contributed by atoms with Crippen molar-refractivity contribution in [1.29, 1.82) is 0 Å². The highest BCUT2D eigenvalue weighted by atomic mass is 35.5. The van der Waals surface area contributed by atoms with Gasteiger partial charge in [-0.3, -0.25) is 20.4 Å². The van der Waals surface area contributed by atoms with Crippen molar-refractivity contribution in [2.45, 2.75) is 17.9 Å². The highest BCUT2D eigenvalue weighted by Crippen LogP contribution is 2.18. The Hall–Kier alpha value is -1.94. The summed E-state index contributed by atoms with van der Waals surface area (Å²) >= 11 is 7.06. The van der Waals surface area contributed by atoms with E-state index in [-0.39, 0.29) is 4.90 Å². The Morgan fingerprint density at radius 1 is 1.19 bits per heavy atom. The van der Waals surface area contributed by atoms with Crippen molar-refractivity contribution in [3.63, 3.8) is 0 Å². The van der Waals surface area contributed by atoms with E-state index in [1.54, 1.807) is 16.8 Å². The maximum Gasteiger partial charge on any atom is 0.270 e. The van der Waals surface area contributed by atoms with Crippen LogP contribution in [0.1, 0.15) is 17.3 Å². The van der Waals surface area contributed by atoms with Crippen molar-refractivity contribution in [3.05, 3.63) is 51.7 Å². The third-order valence-corrected chi connectivity index (χ3v) is 6.44. The Labute approximate surface area is 159 Å². The molecule has 0 spiro atoms. The van der Waals surface area contributed by atoms with Gasteiger partial charge in [-0.25, -0.2) is 8.42 Å². The second-order valence-corrected chi connectivity index (χ2v) is 8.86. The van der Waals surface area contributed by atoms with Gasteiger partial charge in [-0.15, -0.1) is 0 Å². The van der Waals surface area contributed by atoms with E-state index in [0.717, 1.165) is 0 Å². The fraction of sp³-hybridized carbons (Fsp3) is 0.250. The van der Waals surface area contributed by atoms with E-state index in [2.05, 4.69) is 10.9 Å². The first-order valence-corrected chi connectivity index (χ1v) is 10.5. The smallest absolute Gasteiger partial charge is 0.270 e. The summed E-state index contributed by atoms with van der Waals surface area (Å²) in [6, 6.07) is 7.18. The van der Waals surface area contributed by atoms with Crippen LogP contribution in [0.15, 0.2) is 46.0 Å². The van der Waals surface area contributed by atoms with Crippen LogP contribution >= 0.6 is 22.9 Å². The molecule has 10 heteroatoms. The molecule has 0 bridgehead atoms. The van der Waals surface area contributed by atoms with Gasteiger partial charge in [-0.1, -0.05) is 18.5 Å². The number of hydrogen-bond donors (Lipinski definition) is 3. The molecule has 0 aliphatic heterocycles. The lowest BCUT2D eigenvalue weighted by molar-refractivity contribution is -0.132. The quantitative estimate of drug-likeness (QED) is 0.619. The summed E-state index contributed by atoms with van der Waals surface area (Å²) in [7, 11) is -3.71. The highest BCUT2D eigenvalue weighted by molar-refractivity contribution is 7.91. The van der Waals surface area contributed by atoms with E-state index in [4.69, 9.17) is 11.6 Å². The van der Waals surface area contributed by atoms with E-state index < -0.39 is 39.4 Å². The number of rotatable bonds is 6. The lowest BCUT2D eigenvalue weighted by Gasteiger charge is -2.18. The zero-order chi connectivity index (χ0) is 19.3. The number of benzene rings is 1. The van der Waals surface area contributed by atoms with Gasteiger partial charge < -0.3 is 5.11 Å². The van der Waals surface area contributed by atoms with Crippen LogP contribution < -0.4 is 10.9 Å². The van der Waals surface area contributed by atoms with Crippen LogP contribution in [0.2, 0.25) is 5.02 Å². The summed E-state index contributed by atoms with van der Waals surface area (Å²) in [5.74, 6) is -2.77. The van der Waals surface area contributed by atoms with Gasteiger partial charge >= 0.3 is 0 Å². The van der Waals surface area contributed by atoms with Gasteiger partial charge in [0.15, 0.2) is 9.84 Å². The lowest BCUT2D eigenvalue weighted by atomic mass is 10.1. The van der Waals surface area contributed by atoms with E-state index in [1.165, 1.54) is 42.5 Å². The number of thiophene rings is 1. The molecule has 2 atom stereocenters. The molecule has 2 amide bonds. The molecule has 3 N–H and O–H groups in total. The van der Waals surface area contributed by atoms with Crippen LogP contribution in [0.4, 0.5) is 0 Å². The minimum absolute atomic E-state index is 0.0483. The molecule has 0 aliphatic rings. The lowest BCUT2D eigenvalue weighted by Crippen LogP contribution is -2.48. The largest absolute Gasteiger partial charge is 0.383 e. The van der Waals surface area contributed by atoms with Crippen molar-refractivity contribution in [1.82, 2.24) is 10.9 Å². The van der Waals surface area contributed by atoms with Crippen LogP contribution in [0.25, 0.3) is 0 Å². The van der Waals surface area contributed by atoms with Crippen molar-refractivity contribution in [2.24, 2.45) is 5.92 Å². The molecule has 140 valence electrons. The van der Waals surface area contributed by atoms with Crippen molar-refractivity contribution in [2.75, 3.05) is 5.75 Å². The van der Waals surface area contributed by atoms with Crippen LogP contribution in [-0.4, -0.2) is 37.2 Å². The number of aliphatic hydroxyl groups is 1. The monoisotopic (exact) mass is 416 g/mol. The second-order valence-electron chi connectivity index (χ2n) is 5.61. The Kier molecular flexibility index (Phi) is 6.76. The van der Waals surface area contributed by atoms with E-state index >= 15 is 0 Å². The van der Waals surface area contributed by atoms with Crippen molar-refractivity contribution >= 4 is 44.6 Å². The molecule has 0 fully saturated rings. The number of carbonyl (C=O) groups excluding carboxylic acids is 2. The van der Waals surface area contributed by atoms with Crippen LogP contribution in [0.3, 0.4) is 0 Å². The van der Waals surface area contributed by atoms with Gasteiger partial charge in [0.1, 0.15) is 6.10 Å². The number of carbonyl (C=O) groups is 2. The number of halogens is 1. The number of sulfone groups is 1. The average molecular weight is 417 g/mol.